The molecule has 0 spiro atoms. The first-order valence-corrected chi connectivity index (χ1v) is 10.9. The monoisotopic (exact) mass is 292 g/mol. The van der Waals surface area contributed by atoms with E-state index in [-0.39, 0.29) is 0 Å². The molecule has 0 atom stereocenters. The lowest BCUT2D eigenvalue weighted by Gasteiger charge is -2.32. The normalized spacial score (nSPS) is 12.2. The van der Waals surface area contributed by atoms with E-state index in [1.165, 1.54) is 41.7 Å². The Balaban J connectivity index is 3.38. The highest BCUT2D eigenvalue weighted by Crippen LogP contribution is 2.33. The molecule has 0 aliphatic heterocycles. The highest BCUT2D eigenvalue weighted by molar-refractivity contribution is 6.92. The van der Waals surface area contributed by atoms with Crippen molar-refractivity contribution in [2.45, 2.75) is 78.4 Å². The third-order valence-electron chi connectivity index (χ3n) is 4.95. The highest BCUT2D eigenvalue weighted by Gasteiger charge is 2.34. The highest BCUT2D eigenvalue weighted by atomic mass is 28.3. The molecule has 1 aromatic carbocycles. The number of phenols is 1. The Bertz CT molecular complexity index is 433. The number of rotatable bonds is 7. The molecule has 0 aromatic heterocycles. The fourth-order valence-electron chi connectivity index (χ4n) is 3.50. The van der Waals surface area contributed by atoms with Crippen molar-refractivity contribution in [1.29, 1.82) is 0 Å². The molecule has 114 valence electrons. The maximum Gasteiger partial charge on any atom is 0.118 e. The second-order valence-electron chi connectivity index (χ2n) is 6.44. The largest absolute Gasteiger partial charge is 0.508 e. The van der Waals surface area contributed by atoms with Gasteiger partial charge in [0.1, 0.15) is 5.75 Å². The van der Waals surface area contributed by atoms with Crippen molar-refractivity contribution in [2.75, 3.05) is 0 Å². The summed E-state index contributed by atoms with van der Waals surface area (Å²) in [5.74, 6) is 1.01. The van der Waals surface area contributed by atoms with E-state index in [2.05, 4.69) is 53.7 Å². The van der Waals surface area contributed by atoms with E-state index < -0.39 is 8.07 Å². The zero-order valence-electron chi connectivity index (χ0n) is 14.2. The fraction of sp³-hybridized carbons (Fsp3) is 0.667. The average Bonchev–Trinajstić information content (AvgIpc) is 2.41. The van der Waals surface area contributed by atoms with Gasteiger partial charge in [-0.05, 0) is 29.2 Å². The van der Waals surface area contributed by atoms with Crippen LogP contribution in [0.3, 0.4) is 0 Å². The first kappa shape index (κ1) is 17.3. The van der Waals surface area contributed by atoms with Gasteiger partial charge >= 0.3 is 0 Å². The van der Waals surface area contributed by atoms with Crippen LogP contribution in [0.25, 0.3) is 0 Å². The molecule has 1 rings (SSSR count). The van der Waals surface area contributed by atoms with Crippen LogP contribution in [-0.4, -0.2) is 13.2 Å². The van der Waals surface area contributed by atoms with Crippen molar-refractivity contribution in [3.05, 3.63) is 23.3 Å². The topological polar surface area (TPSA) is 20.2 Å². The third-order valence-corrected chi connectivity index (χ3v) is 10.5. The number of benzene rings is 1. The van der Waals surface area contributed by atoms with Crippen molar-refractivity contribution in [3.63, 3.8) is 0 Å². The van der Waals surface area contributed by atoms with Gasteiger partial charge in [-0.1, -0.05) is 77.7 Å². The molecular weight excluding hydrogens is 260 g/mol. The summed E-state index contributed by atoms with van der Waals surface area (Å²) in [6, 6.07) is 8.23. The van der Waals surface area contributed by atoms with Gasteiger partial charge in [-0.3, -0.25) is 0 Å². The number of hydrogen-bond donors (Lipinski definition) is 1. The molecule has 0 aliphatic rings. The lowest BCUT2D eigenvalue weighted by atomic mass is 9.97. The minimum atomic E-state index is -1.54. The van der Waals surface area contributed by atoms with E-state index in [0.29, 0.717) is 11.7 Å². The van der Waals surface area contributed by atoms with Crippen molar-refractivity contribution in [1.82, 2.24) is 0 Å². The second kappa shape index (κ2) is 7.30. The molecule has 0 bridgehead atoms. The van der Waals surface area contributed by atoms with Crippen molar-refractivity contribution in [2.24, 2.45) is 0 Å². The molecular formula is C18H32OSi. The number of phenolic OH excluding ortho intramolecular Hbond substituents is 1. The van der Waals surface area contributed by atoms with Crippen LogP contribution in [0.15, 0.2) is 12.1 Å². The van der Waals surface area contributed by atoms with Crippen LogP contribution in [-0.2, 0) is 0 Å². The molecule has 0 saturated heterocycles. The predicted molar refractivity (Wildman–Crippen MR) is 93.0 cm³/mol. The predicted octanol–water partition coefficient (Wildman–Crippen LogP) is 5.32. The summed E-state index contributed by atoms with van der Waals surface area (Å²) in [7, 11) is -1.54. The zero-order chi connectivity index (χ0) is 15.3. The zero-order valence-corrected chi connectivity index (χ0v) is 15.2. The molecule has 2 heteroatoms. The Hall–Kier alpha value is -0.763. The standard InChI is InChI=1S/C18H32OSi/c1-7-10-13-20(8-2,9-3)16-12-11-15(6)17(14(4)5)18(16)19/h11-12,14,19H,7-10,13H2,1-6H3. The van der Waals surface area contributed by atoms with Crippen LogP contribution in [0, 0.1) is 6.92 Å². The number of aromatic hydroxyl groups is 1. The van der Waals surface area contributed by atoms with Gasteiger partial charge in [-0.25, -0.2) is 0 Å². The van der Waals surface area contributed by atoms with E-state index in [9.17, 15) is 5.11 Å². The van der Waals surface area contributed by atoms with E-state index in [4.69, 9.17) is 0 Å². The van der Waals surface area contributed by atoms with Crippen LogP contribution in [0.1, 0.15) is 64.5 Å². The maximum atomic E-state index is 10.9. The molecule has 0 radical (unpaired) electrons. The van der Waals surface area contributed by atoms with Crippen molar-refractivity contribution >= 4 is 13.3 Å². The van der Waals surface area contributed by atoms with Crippen LogP contribution in [0.2, 0.25) is 18.1 Å². The minimum Gasteiger partial charge on any atom is -0.508 e. The Morgan fingerprint density at radius 1 is 1.10 bits per heavy atom. The van der Waals surface area contributed by atoms with Gasteiger partial charge < -0.3 is 5.11 Å². The Morgan fingerprint density at radius 3 is 2.15 bits per heavy atom. The van der Waals surface area contributed by atoms with Gasteiger partial charge in [-0.15, -0.1) is 0 Å². The SMILES string of the molecule is CCCC[Si](CC)(CC)c1ccc(C)c(C(C)C)c1O. The van der Waals surface area contributed by atoms with Gasteiger partial charge in [0.25, 0.3) is 0 Å². The van der Waals surface area contributed by atoms with Gasteiger partial charge in [0.2, 0.25) is 0 Å². The maximum absolute atomic E-state index is 10.9. The summed E-state index contributed by atoms with van der Waals surface area (Å²) in [6.07, 6.45) is 2.54. The Morgan fingerprint density at radius 2 is 1.70 bits per heavy atom. The first-order valence-electron chi connectivity index (χ1n) is 8.26. The van der Waals surface area contributed by atoms with Gasteiger partial charge in [0, 0.05) is 0 Å². The molecule has 20 heavy (non-hydrogen) atoms. The van der Waals surface area contributed by atoms with Crippen molar-refractivity contribution < 1.29 is 5.11 Å². The lowest BCUT2D eigenvalue weighted by molar-refractivity contribution is 0.468. The summed E-state index contributed by atoms with van der Waals surface area (Å²) in [5.41, 5.74) is 2.39. The van der Waals surface area contributed by atoms with Gasteiger partial charge in [0.15, 0.2) is 0 Å². The molecule has 1 N–H and O–H groups in total. The molecule has 0 aliphatic carbocycles. The number of hydrogen-bond acceptors (Lipinski definition) is 1. The van der Waals surface area contributed by atoms with E-state index in [1.807, 2.05) is 0 Å². The molecule has 0 fully saturated rings. The lowest BCUT2D eigenvalue weighted by Crippen LogP contribution is -2.46. The van der Waals surface area contributed by atoms with Crippen LogP contribution >= 0.6 is 0 Å². The van der Waals surface area contributed by atoms with E-state index in [0.717, 1.165) is 5.56 Å². The summed E-state index contributed by atoms with van der Waals surface area (Å²) < 4.78 is 0. The van der Waals surface area contributed by atoms with Crippen LogP contribution in [0.5, 0.6) is 5.75 Å². The van der Waals surface area contributed by atoms with Crippen molar-refractivity contribution in [3.8, 4) is 5.75 Å². The number of aryl methyl sites for hydroxylation is 1. The third kappa shape index (κ3) is 3.28. The van der Waals surface area contributed by atoms with Gasteiger partial charge in [0.05, 0.1) is 8.07 Å². The molecule has 0 unspecified atom stereocenters. The first-order chi connectivity index (χ1) is 9.43. The minimum absolute atomic E-state index is 0.390. The summed E-state index contributed by atoms with van der Waals surface area (Å²) in [5, 5.41) is 12.2. The Kier molecular flexibility index (Phi) is 6.31. The average molecular weight is 293 g/mol. The molecule has 0 heterocycles. The molecule has 0 saturated carbocycles. The quantitative estimate of drug-likeness (QED) is 0.674. The summed E-state index contributed by atoms with van der Waals surface area (Å²) in [4.78, 5) is 0. The van der Waals surface area contributed by atoms with Crippen LogP contribution < -0.4 is 5.19 Å². The fourth-order valence-corrected chi connectivity index (χ4v) is 7.84. The molecule has 1 aromatic rings. The van der Waals surface area contributed by atoms with Gasteiger partial charge in [-0.2, -0.15) is 0 Å². The second-order valence-corrected chi connectivity index (χ2v) is 11.5. The molecule has 0 amide bonds. The van der Waals surface area contributed by atoms with E-state index >= 15 is 0 Å². The number of unbranched alkanes of at least 4 members (excludes halogenated alkanes) is 1. The Labute approximate surface area is 126 Å². The van der Waals surface area contributed by atoms with E-state index in [1.54, 1.807) is 0 Å². The molecule has 1 nitrogen and oxygen atoms in total. The summed E-state index contributed by atoms with van der Waals surface area (Å²) >= 11 is 0. The summed E-state index contributed by atoms with van der Waals surface area (Å²) in [6.45, 7) is 13.4. The smallest absolute Gasteiger partial charge is 0.118 e. The van der Waals surface area contributed by atoms with Crippen LogP contribution in [0.4, 0.5) is 0 Å².